The van der Waals surface area contributed by atoms with Crippen LogP contribution in [0.3, 0.4) is 0 Å². The van der Waals surface area contributed by atoms with E-state index in [4.69, 9.17) is 9.47 Å². The van der Waals surface area contributed by atoms with Gasteiger partial charge < -0.3 is 14.4 Å². The van der Waals surface area contributed by atoms with Gasteiger partial charge in [0.05, 0.1) is 42.5 Å². The number of esters is 1. The first-order valence-electron chi connectivity index (χ1n) is 12.4. The lowest BCUT2D eigenvalue weighted by molar-refractivity contribution is -0.138. The van der Waals surface area contributed by atoms with Crippen molar-refractivity contribution in [1.29, 1.82) is 0 Å². The maximum Gasteiger partial charge on any atom is 0.417 e. The lowest BCUT2D eigenvalue weighted by Gasteiger charge is -2.26. The van der Waals surface area contributed by atoms with E-state index < -0.39 is 29.2 Å². The van der Waals surface area contributed by atoms with Crippen LogP contribution in [-0.2, 0) is 15.7 Å². The van der Waals surface area contributed by atoms with E-state index in [1.54, 1.807) is 29.2 Å². The van der Waals surface area contributed by atoms with Crippen LogP contribution in [-0.4, -0.2) is 65.9 Å². The zero-order valence-electron chi connectivity index (χ0n) is 21.6. The van der Waals surface area contributed by atoms with Crippen molar-refractivity contribution in [3.8, 4) is 11.3 Å². The SMILES string of the molecule is COC(=O)c1ccc(-c2nn(C(=O)c3c(C)cccc3C(F)(F)F)c3cc(C(=O)N4CCOCC4)ccc23)cc1. The number of hydrogen-bond donors (Lipinski definition) is 0. The Kier molecular flexibility index (Phi) is 7.16. The molecule has 8 nitrogen and oxygen atoms in total. The third kappa shape index (κ3) is 4.95. The van der Waals surface area contributed by atoms with E-state index in [2.05, 4.69) is 5.10 Å². The number of halogens is 3. The fourth-order valence-electron chi connectivity index (χ4n) is 4.74. The summed E-state index contributed by atoms with van der Waals surface area (Å²) in [5.74, 6) is -1.81. The molecule has 40 heavy (non-hydrogen) atoms. The lowest BCUT2D eigenvalue weighted by Crippen LogP contribution is -2.40. The van der Waals surface area contributed by atoms with Crippen molar-refractivity contribution in [1.82, 2.24) is 14.7 Å². The van der Waals surface area contributed by atoms with Gasteiger partial charge in [0.25, 0.3) is 11.8 Å². The Morgan fingerprint density at radius 3 is 2.25 bits per heavy atom. The summed E-state index contributed by atoms with van der Waals surface area (Å²) < 4.78 is 52.7. The molecule has 1 aliphatic heterocycles. The number of morpholine rings is 1. The Hall–Kier alpha value is -4.51. The Bertz CT molecular complexity index is 1620. The van der Waals surface area contributed by atoms with E-state index in [1.165, 1.54) is 44.4 Å². The summed E-state index contributed by atoms with van der Waals surface area (Å²) >= 11 is 0. The average molecular weight is 552 g/mol. The number of fused-ring (bicyclic) bond motifs is 1. The third-order valence-electron chi connectivity index (χ3n) is 6.79. The van der Waals surface area contributed by atoms with Crippen LogP contribution < -0.4 is 0 Å². The normalized spacial score (nSPS) is 13.9. The molecule has 1 aliphatic rings. The van der Waals surface area contributed by atoms with Crippen molar-refractivity contribution >= 4 is 28.7 Å². The molecular weight excluding hydrogens is 527 g/mol. The van der Waals surface area contributed by atoms with Gasteiger partial charge in [-0.1, -0.05) is 24.3 Å². The van der Waals surface area contributed by atoms with E-state index in [0.717, 1.165) is 10.7 Å². The second-order valence-electron chi connectivity index (χ2n) is 9.27. The van der Waals surface area contributed by atoms with Gasteiger partial charge in [0.2, 0.25) is 0 Å². The number of benzene rings is 3. The number of carbonyl (C=O) groups excluding carboxylic acids is 3. The number of hydrogen-bond acceptors (Lipinski definition) is 6. The Labute approximate surface area is 226 Å². The summed E-state index contributed by atoms with van der Waals surface area (Å²) in [5, 5.41) is 4.89. The predicted molar refractivity (Wildman–Crippen MR) is 139 cm³/mol. The van der Waals surface area contributed by atoms with E-state index in [-0.39, 0.29) is 22.6 Å². The molecule has 1 amide bonds. The van der Waals surface area contributed by atoms with Crippen LogP contribution in [0.15, 0.2) is 60.7 Å². The molecule has 0 radical (unpaired) electrons. The first kappa shape index (κ1) is 27.1. The summed E-state index contributed by atoms with van der Waals surface area (Å²) in [7, 11) is 1.26. The van der Waals surface area contributed by atoms with Gasteiger partial charge in [0.1, 0.15) is 5.69 Å². The van der Waals surface area contributed by atoms with Gasteiger partial charge in [-0.25, -0.2) is 4.79 Å². The molecule has 0 bridgehead atoms. The number of methoxy groups -OCH3 is 1. The second kappa shape index (κ2) is 10.6. The van der Waals surface area contributed by atoms with Crippen LogP contribution in [0.5, 0.6) is 0 Å². The highest BCUT2D eigenvalue weighted by Gasteiger charge is 2.37. The standard InChI is InChI=1S/C29H24F3N3O5/c1-17-4-3-5-22(29(30,31)32)24(17)27(37)35-23-16-20(26(36)34-12-14-40-15-13-34)10-11-21(23)25(33-35)18-6-8-19(9-7-18)28(38)39-2/h3-11,16H,12-15H2,1-2H3. The molecule has 3 aromatic carbocycles. The molecule has 1 aromatic heterocycles. The molecule has 1 fully saturated rings. The number of nitrogens with zero attached hydrogens (tertiary/aromatic N) is 3. The monoisotopic (exact) mass is 551 g/mol. The predicted octanol–water partition coefficient (Wildman–Crippen LogP) is 4.98. The van der Waals surface area contributed by atoms with E-state index in [9.17, 15) is 27.6 Å². The van der Waals surface area contributed by atoms with Crippen molar-refractivity contribution in [2.45, 2.75) is 13.1 Å². The molecule has 4 aromatic rings. The second-order valence-corrected chi connectivity index (χ2v) is 9.27. The Balaban J connectivity index is 1.69. The highest BCUT2D eigenvalue weighted by Crippen LogP contribution is 2.35. The van der Waals surface area contributed by atoms with Crippen LogP contribution in [0.1, 0.15) is 42.2 Å². The first-order chi connectivity index (χ1) is 19.1. The zero-order chi connectivity index (χ0) is 28.6. The van der Waals surface area contributed by atoms with Crippen LogP contribution in [0, 0.1) is 6.92 Å². The smallest absolute Gasteiger partial charge is 0.417 e. The summed E-state index contributed by atoms with van der Waals surface area (Å²) in [5.41, 5.74) is 0.0589. The average Bonchev–Trinajstić information content (AvgIpc) is 3.35. The number of amides is 1. The van der Waals surface area contributed by atoms with Crippen LogP contribution in [0.4, 0.5) is 13.2 Å². The number of carbonyl (C=O) groups is 3. The van der Waals surface area contributed by atoms with Crippen LogP contribution >= 0.6 is 0 Å². The Morgan fingerprint density at radius 1 is 0.925 bits per heavy atom. The largest absolute Gasteiger partial charge is 0.465 e. The summed E-state index contributed by atoms with van der Waals surface area (Å²) in [4.78, 5) is 40.5. The number of alkyl halides is 3. The fraction of sp³-hybridized carbons (Fsp3) is 0.241. The minimum absolute atomic E-state index is 0.132. The maximum absolute atomic E-state index is 13.9. The summed E-state index contributed by atoms with van der Waals surface area (Å²) in [6, 6.07) is 14.4. The Morgan fingerprint density at radius 2 is 1.60 bits per heavy atom. The molecule has 0 saturated carbocycles. The molecule has 0 unspecified atom stereocenters. The molecular formula is C29H24F3N3O5. The van der Waals surface area contributed by atoms with Gasteiger partial charge in [0.15, 0.2) is 0 Å². The first-order valence-corrected chi connectivity index (χ1v) is 12.4. The molecule has 0 N–H and O–H groups in total. The van der Waals surface area contributed by atoms with Gasteiger partial charge >= 0.3 is 12.1 Å². The minimum Gasteiger partial charge on any atom is -0.465 e. The highest BCUT2D eigenvalue weighted by molar-refractivity contribution is 6.08. The minimum atomic E-state index is -4.77. The third-order valence-corrected chi connectivity index (χ3v) is 6.79. The fourth-order valence-corrected chi connectivity index (χ4v) is 4.74. The summed E-state index contributed by atoms with van der Waals surface area (Å²) in [6.07, 6.45) is -4.77. The van der Waals surface area contributed by atoms with Crippen molar-refractivity contribution in [3.63, 3.8) is 0 Å². The van der Waals surface area contributed by atoms with Gasteiger partial charge in [-0.15, -0.1) is 0 Å². The molecule has 206 valence electrons. The molecule has 0 aliphatic carbocycles. The molecule has 1 saturated heterocycles. The molecule has 5 rings (SSSR count). The van der Waals surface area contributed by atoms with Crippen molar-refractivity contribution in [2.75, 3.05) is 33.4 Å². The van der Waals surface area contributed by atoms with E-state index in [1.807, 2.05) is 0 Å². The van der Waals surface area contributed by atoms with Crippen molar-refractivity contribution < 1.29 is 37.0 Å². The molecule has 0 spiro atoms. The highest BCUT2D eigenvalue weighted by atomic mass is 19.4. The molecule has 2 heterocycles. The van der Waals surface area contributed by atoms with Crippen LogP contribution in [0.25, 0.3) is 22.2 Å². The number of ether oxygens (including phenoxy) is 2. The number of aromatic nitrogens is 2. The van der Waals surface area contributed by atoms with Gasteiger partial charge in [0, 0.05) is 29.6 Å². The van der Waals surface area contributed by atoms with Crippen molar-refractivity contribution in [2.24, 2.45) is 0 Å². The van der Waals surface area contributed by atoms with Gasteiger partial charge in [-0.05, 0) is 48.9 Å². The number of aryl methyl sites for hydroxylation is 1. The topological polar surface area (TPSA) is 90.7 Å². The summed E-state index contributed by atoms with van der Waals surface area (Å²) in [6.45, 7) is 3.00. The molecule has 0 atom stereocenters. The zero-order valence-corrected chi connectivity index (χ0v) is 21.6. The quantitative estimate of drug-likeness (QED) is 0.333. The van der Waals surface area contributed by atoms with Gasteiger partial charge in [-0.2, -0.15) is 23.0 Å². The van der Waals surface area contributed by atoms with E-state index >= 15 is 0 Å². The van der Waals surface area contributed by atoms with E-state index in [0.29, 0.717) is 48.5 Å². The van der Waals surface area contributed by atoms with Gasteiger partial charge in [-0.3, -0.25) is 9.59 Å². The van der Waals surface area contributed by atoms with Crippen LogP contribution in [0.2, 0.25) is 0 Å². The lowest BCUT2D eigenvalue weighted by atomic mass is 10.0. The molecule has 11 heteroatoms. The maximum atomic E-state index is 13.9. The van der Waals surface area contributed by atoms with Crippen molar-refractivity contribution in [3.05, 3.63) is 88.5 Å². The number of rotatable bonds is 4.